The van der Waals surface area contributed by atoms with Gasteiger partial charge in [-0.2, -0.15) is 0 Å². The third kappa shape index (κ3) is 2.45. The minimum atomic E-state index is -1.22. The molecule has 0 saturated heterocycles. The topological polar surface area (TPSA) is 80.9 Å². The first kappa shape index (κ1) is 11.5. The molecule has 1 aromatic rings. The van der Waals surface area contributed by atoms with Crippen LogP contribution in [-0.2, 0) is 0 Å². The van der Waals surface area contributed by atoms with Crippen LogP contribution in [0.25, 0.3) is 0 Å². The number of aromatic hydroxyl groups is 1. The molecule has 2 unspecified atom stereocenters. The lowest BCUT2D eigenvalue weighted by Gasteiger charge is -2.16. The Balaban J connectivity index is 2.91. The van der Waals surface area contributed by atoms with Gasteiger partial charge in [0.1, 0.15) is 18.0 Å². The minimum absolute atomic E-state index is 0.0550. The molecular formula is C9H11BrO4. The number of hydrogen-bond acceptors (Lipinski definition) is 4. The molecule has 4 nitrogen and oxygen atoms in total. The third-order valence-corrected chi connectivity index (χ3v) is 2.50. The van der Waals surface area contributed by atoms with Crippen molar-refractivity contribution in [3.63, 3.8) is 0 Å². The summed E-state index contributed by atoms with van der Waals surface area (Å²) in [6.07, 6.45) is -2.37. The van der Waals surface area contributed by atoms with Crippen molar-refractivity contribution in [2.75, 3.05) is 6.61 Å². The zero-order valence-corrected chi connectivity index (χ0v) is 8.85. The van der Waals surface area contributed by atoms with Crippen LogP contribution in [0.5, 0.6) is 5.75 Å². The van der Waals surface area contributed by atoms with Crippen LogP contribution in [0.1, 0.15) is 11.7 Å². The maximum atomic E-state index is 9.49. The monoisotopic (exact) mass is 262 g/mol. The van der Waals surface area contributed by atoms with Gasteiger partial charge in [-0.25, -0.2) is 0 Å². The summed E-state index contributed by atoms with van der Waals surface area (Å²) >= 11 is 3.08. The quantitative estimate of drug-likeness (QED) is 0.641. The Hall–Kier alpha value is -0.620. The van der Waals surface area contributed by atoms with Gasteiger partial charge in [0.2, 0.25) is 0 Å². The molecule has 0 radical (unpaired) electrons. The number of phenols is 1. The van der Waals surface area contributed by atoms with Gasteiger partial charge in [-0.1, -0.05) is 6.07 Å². The molecule has 0 aliphatic rings. The molecule has 0 amide bonds. The number of benzene rings is 1. The molecular weight excluding hydrogens is 252 g/mol. The van der Waals surface area contributed by atoms with Gasteiger partial charge >= 0.3 is 0 Å². The van der Waals surface area contributed by atoms with Crippen molar-refractivity contribution in [1.29, 1.82) is 0 Å². The number of rotatable bonds is 3. The second-order valence-electron chi connectivity index (χ2n) is 2.91. The number of aliphatic hydroxyl groups excluding tert-OH is 3. The van der Waals surface area contributed by atoms with Crippen LogP contribution < -0.4 is 0 Å². The second kappa shape index (κ2) is 4.75. The fraction of sp³-hybridized carbons (Fsp3) is 0.333. The Labute approximate surface area is 89.6 Å². The zero-order valence-electron chi connectivity index (χ0n) is 7.26. The van der Waals surface area contributed by atoms with Gasteiger partial charge in [-0.15, -0.1) is 0 Å². The molecule has 1 aromatic carbocycles. The molecule has 14 heavy (non-hydrogen) atoms. The summed E-state index contributed by atoms with van der Waals surface area (Å²) in [7, 11) is 0. The van der Waals surface area contributed by atoms with Gasteiger partial charge in [-0.05, 0) is 33.6 Å². The average molecular weight is 263 g/mol. The summed E-state index contributed by atoms with van der Waals surface area (Å²) in [6, 6.07) is 4.36. The Bertz CT molecular complexity index is 316. The molecule has 0 spiro atoms. The summed E-state index contributed by atoms with van der Waals surface area (Å²) in [5, 5.41) is 36.5. The van der Waals surface area contributed by atoms with E-state index >= 15 is 0 Å². The highest BCUT2D eigenvalue weighted by atomic mass is 79.9. The number of aliphatic hydroxyl groups is 3. The van der Waals surface area contributed by atoms with Crippen molar-refractivity contribution in [2.45, 2.75) is 12.2 Å². The van der Waals surface area contributed by atoms with Gasteiger partial charge in [0, 0.05) is 0 Å². The van der Waals surface area contributed by atoms with Gasteiger partial charge in [0.25, 0.3) is 0 Å². The molecule has 0 aliphatic carbocycles. The largest absolute Gasteiger partial charge is 0.507 e. The van der Waals surface area contributed by atoms with Crippen LogP contribution in [0.15, 0.2) is 22.7 Å². The van der Waals surface area contributed by atoms with E-state index in [1.165, 1.54) is 18.2 Å². The molecule has 0 aliphatic heterocycles. The van der Waals surface area contributed by atoms with Crippen molar-refractivity contribution in [3.8, 4) is 5.75 Å². The fourth-order valence-corrected chi connectivity index (χ4v) is 1.43. The van der Waals surface area contributed by atoms with Crippen molar-refractivity contribution >= 4 is 15.9 Å². The molecule has 4 N–H and O–H groups in total. The molecule has 1 rings (SSSR count). The average Bonchev–Trinajstić information content (AvgIpc) is 2.20. The Kier molecular flexibility index (Phi) is 3.88. The normalized spacial score (nSPS) is 15.1. The molecule has 0 bridgehead atoms. The van der Waals surface area contributed by atoms with Crippen molar-refractivity contribution in [1.82, 2.24) is 0 Å². The molecule has 5 heteroatoms. The van der Waals surface area contributed by atoms with Crippen LogP contribution in [0.3, 0.4) is 0 Å². The Morgan fingerprint density at radius 1 is 1.29 bits per heavy atom. The molecule has 0 saturated carbocycles. The first-order chi connectivity index (χ1) is 6.56. The smallest absolute Gasteiger partial charge is 0.129 e. The molecule has 2 atom stereocenters. The predicted molar refractivity (Wildman–Crippen MR) is 53.9 cm³/mol. The van der Waals surface area contributed by atoms with E-state index in [0.717, 1.165) is 0 Å². The van der Waals surface area contributed by atoms with E-state index in [4.69, 9.17) is 10.2 Å². The van der Waals surface area contributed by atoms with Crippen LogP contribution >= 0.6 is 15.9 Å². The van der Waals surface area contributed by atoms with Gasteiger partial charge in [0.15, 0.2) is 0 Å². The van der Waals surface area contributed by atoms with Crippen LogP contribution in [-0.4, -0.2) is 33.1 Å². The van der Waals surface area contributed by atoms with Gasteiger partial charge in [-0.3, -0.25) is 0 Å². The van der Waals surface area contributed by atoms with Crippen molar-refractivity contribution in [2.24, 2.45) is 0 Å². The van der Waals surface area contributed by atoms with E-state index in [0.29, 0.717) is 10.0 Å². The van der Waals surface area contributed by atoms with Crippen LogP contribution in [0.2, 0.25) is 0 Å². The summed E-state index contributed by atoms with van der Waals surface area (Å²) < 4.78 is 0.430. The molecule has 0 aromatic heterocycles. The second-order valence-corrected chi connectivity index (χ2v) is 3.76. The van der Waals surface area contributed by atoms with Gasteiger partial charge in [0.05, 0.1) is 11.1 Å². The summed E-state index contributed by atoms with van der Waals surface area (Å²) in [5.41, 5.74) is 0.427. The maximum Gasteiger partial charge on any atom is 0.129 e. The SMILES string of the molecule is OCC(O)C(O)c1ccc(O)c(Br)c1. The molecule has 0 fully saturated rings. The van der Waals surface area contributed by atoms with Gasteiger partial charge < -0.3 is 20.4 Å². The van der Waals surface area contributed by atoms with E-state index in [-0.39, 0.29) is 5.75 Å². The first-order valence-corrected chi connectivity index (χ1v) is 4.81. The lowest BCUT2D eigenvalue weighted by atomic mass is 10.1. The third-order valence-electron chi connectivity index (χ3n) is 1.86. The highest BCUT2D eigenvalue weighted by Gasteiger charge is 2.17. The zero-order chi connectivity index (χ0) is 10.7. The van der Waals surface area contributed by atoms with E-state index in [1.807, 2.05) is 0 Å². The lowest BCUT2D eigenvalue weighted by Crippen LogP contribution is -2.21. The Morgan fingerprint density at radius 3 is 2.43 bits per heavy atom. The van der Waals surface area contributed by atoms with Crippen LogP contribution in [0.4, 0.5) is 0 Å². The maximum absolute atomic E-state index is 9.49. The number of hydrogen-bond donors (Lipinski definition) is 4. The highest BCUT2D eigenvalue weighted by molar-refractivity contribution is 9.10. The number of halogens is 1. The van der Waals surface area contributed by atoms with Crippen molar-refractivity contribution in [3.05, 3.63) is 28.2 Å². The lowest BCUT2D eigenvalue weighted by molar-refractivity contribution is -0.0153. The Morgan fingerprint density at radius 2 is 1.93 bits per heavy atom. The number of phenolic OH excluding ortho intramolecular Hbond substituents is 1. The summed E-state index contributed by atoms with van der Waals surface area (Å²) in [6.45, 7) is -0.514. The standard InChI is InChI=1S/C9H11BrO4/c10-6-3-5(1-2-7(6)12)9(14)8(13)4-11/h1-3,8-9,11-14H,4H2. The fourth-order valence-electron chi connectivity index (χ4n) is 1.03. The summed E-state index contributed by atoms with van der Waals surface area (Å²) in [5.74, 6) is 0.0550. The van der Waals surface area contributed by atoms with E-state index in [9.17, 15) is 10.2 Å². The molecule has 78 valence electrons. The van der Waals surface area contributed by atoms with E-state index in [1.54, 1.807) is 0 Å². The van der Waals surface area contributed by atoms with Crippen LogP contribution in [0, 0.1) is 0 Å². The highest BCUT2D eigenvalue weighted by Crippen LogP contribution is 2.28. The first-order valence-electron chi connectivity index (χ1n) is 4.01. The van der Waals surface area contributed by atoms with Crippen molar-refractivity contribution < 1.29 is 20.4 Å². The van der Waals surface area contributed by atoms with E-state index < -0.39 is 18.8 Å². The molecule has 0 heterocycles. The predicted octanol–water partition coefficient (Wildman–Crippen LogP) is 0.541. The van der Waals surface area contributed by atoms with E-state index in [2.05, 4.69) is 15.9 Å². The summed E-state index contributed by atoms with van der Waals surface area (Å²) in [4.78, 5) is 0. The minimum Gasteiger partial charge on any atom is -0.507 e.